The molecule has 1 saturated carbocycles. The maximum atomic E-state index is 12.5. The lowest BCUT2D eigenvalue weighted by Gasteiger charge is -2.23. The van der Waals surface area contributed by atoms with E-state index in [0.29, 0.717) is 23.1 Å². The van der Waals surface area contributed by atoms with Crippen molar-refractivity contribution >= 4 is 23.2 Å². The van der Waals surface area contributed by atoms with Gasteiger partial charge in [0.15, 0.2) is 0 Å². The van der Waals surface area contributed by atoms with E-state index in [-0.39, 0.29) is 17.2 Å². The van der Waals surface area contributed by atoms with Crippen LogP contribution < -0.4 is 15.4 Å². The Bertz CT molecular complexity index is 541. The van der Waals surface area contributed by atoms with E-state index in [9.17, 15) is 4.79 Å². The van der Waals surface area contributed by atoms with Gasteiger partial charge in [0.2, 0.25) is 5.91 Å². The molecule has 2 aliphatic rings. The van der Waals surface area contributed by atoms with Crippen LogP contribution in [0.4, 0.5) is 5.69 Å². The first-order valence-electron chi connectivity index (χ1n) is 7.58. The maximum absolute atomic E-state index is 12.5. The number of hydrogen-bond acceptors (Lipinski definition) is 3. The van der Waals surface area contributed by atoms with E-state index < -0.39 is 0 Å². The molecular formula is C16H21ClN2O2. The molecule has 1 atom stereocenters. The summed E-state index contributed by atoms with van der Waals surface area (Å²) in [6.07, 6.45) is 3.20. The molecule has 1 heterocycles. The van der Waals surface area contributed by atoms with Crippen LogP contribution in [0.25, 0.3) is 0 Å². The van der Waals surface area contributed by atoms with Crippen LogP contribution in [-0.2, 0) is 4.79 Å². The Morgan fingerprint density at radius 2 is 2.24 bits per heavy atom. The number of anilines is 1. The van der Waals surface area contributed by atoms with Crippen LogP contribution in [0.2, 0.25) is 5.02 Å². The highest BCUT2D eigenvalue weighted by atomic mass is 35.5. The van der Waals surface area contributed by atoms with Crippen molar-refractivity contribution < 1.29 is 9.53 Å². The number of carbonyl (C=O) groups excluding carboxylic acids is 1. The van der Waals surface area contributed by atoms with Crippen LogP contribution in [0.1, 0.15) is 26.2 Å². The Morgan fingerprint density at radius 3 is 2.95 bits per heavy atom. The van der Waals surface area contributed by atoms with Crippen molar-refractivity contribution in [2.24, 2.45) is 11.3 Å². The number of ether oxygens (including phenoxy) is 1. The minimum Gasteiger partial charge on any atom is -0.492 e. The van der Waals surface area contributed by atoms with Crippen LogP contribution in [0.15, 0.2) is 18.2 Å². The molecule has 5 heteroatoms. The maximum Gasteiger partial charge on any atom is 0.228 e. The largest absolute Gasteiger partial charge is 0.492 e. The second-order valence-electron chi connectivity index (χ2n) is 5.93. The summed E-state index contributed by atoms with van der Waals surface area (Å²) < 4.78 is 5.55. The molecule has 1 aromatic carbocycles. The highest BCUT2D eigenvalue weighted by Crippen LogP contribution is 2.58. The SMILES string of the molecule is CCOc1ccc(Cl)cc1NC(=O)C1CC12CCNCC2. The van der Waals surface area contributed by atoms with E-state index in [4.69, 9.17) is 16.3 Å². The lowest BCUT2D eigenvalue weighted by Crippen LogP contribution is -2.31. The van der Waals surface area contributed by atoms with E-state index in [1.54, 1.807) is 18.2 Å². The summed E-state index contributed by atoms with van der Waals surface area (Å²) in [6, 6.07) is 5.32. The molecule has 114 valence electrons. The third-order valence-corrected chi connectivity index (χ3v) is 4.84. The molecule has 1 aliphatic heterocycles. The molecule has 1 saturated heterocycles. The van der Waals surface area contributed by atoms with Gasteiger partial charge in [0.25, 0.3) is 0 Å². The van der Waals surface area contributed by atoms with Gasteiger partial charge in [0, 0.05) is 10.9 Å². The normalized spacial score (nSPS) is 22.9. The predicted octanol–water partition coefficient (Wildman–Crippen LogP) is 3.07. The van der Waals surface area contributed by atoms with Gasteiger partial charge in [0.1, 0.15) is 5.75 Å². The third kappa shape index (κ3) is 3.01. The van der Waals surface area contributed by atoms with E-state index in [1.165, 1.54) is 0 Å². The fourth-order valence-electron chi connectivity index (χ4n) is 3.30. The van der Waals surface area contributed by atoms with Crippen molar-refractivity contribution in [1.82, 2.24) is 5.32 Å². The summed E-state index contributed by atoms with van der Waals surface area (Å²) in [4.78, 5) is 12.5. The summed E-state index contributed by atoms with van der Waals surface area (Å²) in [5, 5.41) is 6.95. The Balaban J connectivity index is 1.69. The van der Waals surface area contributed by atoms with E-state index >= 15 is 0 Å². The van der Waals surface area contributed by atoms with Gasteiger partial charge in [-0.25, -0.2) is 0 Å². The van der Waals surface area contributed by atoms with E-state index in [0.717, 1.165) is 32.4 Å². The molecule has 1 amide bonds. The smallest absolute Gasteiger partial charge is 0.228 e. The molecule has 1 aromatic rings. The zero-order valence-electron chi connectivity index (χ0n) is 12.2. The molecular weight excluding hydrogens is 288 g/mol. The summed E-state index contributed by atoms with van der Waals surface area (Å²) in [6.45, 7) is 4.52. The number of halogens is 1. The first-order chi connectivity index (χ1) is 10.1. The molecule has 3 rings (SSSR count). The van der Waals surface area contributed by atoms with E-state index in [1.807, 2.05) is 6.92 Å². The van der Waals surface area contributed by atoms with Crippen molar-refractivity contribution in [3.63, 3.8) is 0 Å². The number of piperidine rings is 1. The van der Waals surface area contributed by atoms with Crippen LogP contribution in [0.5, 0.6) is 5.75 Å². The molecule has 0 bridgehead atoms. The van der Waals surface area contributed by atoms with Crippen LogP contribution >= 0.6 is 11.6 Å². The Hall–Kier alpha value is -1.26. The molecule has 2 fully saturated rings. The molecule has 0 aromatic heterocycles. The number of rotatable bonds is 4. The molecule has 0 radical (unpaired) electrons. The fraction of sp³-hybridized carbons (Fsp3) is 0.562. The zero-order valence-corrected chi connectivity index (χ0v) is 13.0. The summed E-state index contributed by atoms with van der Waals surface area (Å²) in [7, 11) is 0. The highest BCUT2D eigenvalue weighted by molar-refractivity contribution is 6.31. The van der Waals surface area contributed by atoms with Gasteiger partial charge >= 0.3 is 0 Å². The first kappa shape index (κ1) is 14.7. The lowest BCUT2D eigenvalue weighted by molar-refractivity contribution is -0.118. The van der Waals surface area contributed by atoms with Gasteiger partial charge in [-0.05, 0) is 62.9 Å². The van der Waals surface area contributed by atoms with E-state index in [2.05, 4.69) is 10.6 Å². The second-order valence-corrected chi connectivity index (χ2v) is 6.37. The topological polar surface area (TPSA) is 50.4 Å². The van der Waals surface area contributed by atoms with Gasteiger partial charge < -0.3 is 15.4 Å². The lowest BCUT2D eigenvalue weighted by atomic mass is 9.92. The highest BCUT2D eigenvalue weighted by Gasteiger charge is 2.57. The van der Waals surface area contributed by atoms with Gasteiger partial charge in [-0.15, -0.1) is 0 Å². The van der Waals surface area contributed by atoms with Crippen LogP contribution in [0.3, 0.4) is 0 Å². The fourth-order valence-corrected chi connectivity index (χ4v) is 3.47. The average Bonchev–Trinajstić information content (AvgIpc) is 3.16. The first-order valence-corrected chi connectivity index (χ1v) is 7.96. The zero-order chi connectivity index (χ0) is 14.9. The standard InChI is InChI=1S/C16H21ClN2O2/c1-2-21-14-4-3-11(17)9-13(14)19-15(20)12-10-16(12)5-7-18-8-6-16/h3-4,9,12,18H,2,5-8,10H2,1H3,(H,19,20). The minimum atomic E-state index is 0.0973. The predicted molar refractivity (Wildman–Crippen MR) is 83.9 cm³/mol. The Morgan fingerprint density at radius 1 is 1.48 bits per heavy atom. The molecule has 1 unspecified atom stereocenters. The summed E-state index contributed by atoms with van der Waals surface area (Å²) >= 11 is 6.02. The van der Waals surface area contributed by atoms with Gasteiger partial charge in [0.05, 0.1) is 12.3 Å². The van der Waals surface area contributed by atoms with Gasteiger partial charge in [-0.2, -0.15) is 0 Å². The number of benzene rings is 1. The van der Waals surface area contributed by atoms with Crippen molar-refractivity contribution in [3.8, 4) is 5.75 Å². The number of amides is 1. The van der Waals surface area contributed by atoms with Crippen molar-refractivity contribution in [1.29, 1.82) is 0 Å². The third-order valence-electron chi connectivity index (χ3n) is 4.60. The average molecular weight is 309 g/mol. The Kier molecular flexibility index (Phi) is 4.09. The summed E-state index contributed by atoms with van der Waals surface area (Å²) in [5.41, 5.74) is 0.907. The Labute approximate surface area is 130 Å². The molecule has 4 nitrogen and oxygen atoms in total. The second kappa shape index (κ2) is 5.85. The van der Waals surface area contributed by atoms with Crippen molar-refractivity contribution in [3.05, 3.63) is 23.2 Å². The minimum absolute atomic E-state index is 0.0973. The van der Waals surface area contributed by atoms with Crippen LogP contribution in [0, 0.1) is 11.3 Å². The quantitative estimate of drug-likeness (QED) is 0.899. The molecule has 1 aliphatic carbocycles. The molecule has 21 heavy (non-hydrogen) atoms. The van der Waals surface area contributed by atoms with Gasteiger partial charge in [-0.3, -0.25) is 4.79 Å². The van der Waals surface area contributed by atoms with Gasteiger partial charge in [-0.1, -0.05) is 11.6 Å². The monoisotopic (exact) mass is 308 g/mol. The number of hydrogen-bond donors (Lipinski definition) is 2. The molecule has 2 N–H and O–H groups in total. The van der Waals surface area contributed by atoms with Crippen molar-refractivity contribution in [2.75, 3.05) is 25.0 Å². The number of carbonyl (C=O) groups is 1. The molecule has 1 spiro atoms. The summed E-state index contributed by atoms with van der Waals surface area (Å²) in [5.74, 6) is 0.906. The number of nitrogens with one attached hydrogen (secondary N) is 2. The van der Waals surface area contributed by atoms with Crippen LogP contribution in [-0.4, -0.2) is 25.6 Å². The van der Waals surface area contributed by atoms with Crippen molar-refractivity contribution in [2.45, 2.75) is 26.2 Å².